The summed E-state index contributed by atoms with van der Waals surface area (Å²) in [6, 6.07) is 8.19. The first kappa shape index (κ1) is 13.3. The molecule has 2 atom stereocenters. The maximum Gasteiger partial charge on any atom is 0.122 e. The molecule has 1 fully saturated rings. The zero-order valence-electron chi connectivity index (χ0n) is 10.9. The number of rotatable bonds is 5. The van der Waals surface area contributed by atoms with E-state index >= 15 is 0 Å². The van der Waals surface area contributed by atoms with Gasteiger partial charge in [0.1, 0.15) is 5.75 Å². The number of para-hydroxylation sites is 1. The standard InChI is InChI=1S/C14H22N2O2/c1-17-13-7-3-2-6-11(13)10-12(16-15)14-8-4-5-9-18-14/h2-3,6-7,12,14,16H,4-5,8-10,15H2,1H3. The molecule has 4 nitrogen and oxygen atoms in total. The second-order valence-corrected chi connectivity index (χ2v) is 4.69. The summed E-state index contributed by atoms with van der Waals surface area (Å²) in [7, 11) is 1.70. The van der Waals surface area contributed by atoms with Crippen molar-refractivity contribution in [3.05, 3.63) is 29.8 Å². The molecule has 3 N–H and O–H groups in total. The number of methoxy groups -OCH3 is 1. The van der Waals surface area contributed by atoms with E-state index in [2.05, 4.69) is 11.5 Å². The normalized spacial score (nSPS) is 21.6. The van der Waals surface area contributed by atoms with Gasteiger partial charge in [0.25, 0.3) is 0 Å². The van der Waals surface area contributed by atoms with Gasteiger partial charge in [-0.05, 0) is 37.3 Å². The number of benzene rings is 1. The van der Waals surface area contributed by atoms with Crippen molar-refractivity contribution >= 4 is 0 Å². The van der Waals surface area contributed by atoms with Crippen LogP contribution < -0.4 is 16.0 Å². The van der Waals surface area contributed by atoms with Crippen LogP contribution in [0.15, 0.2) is 24.3 Å². The minimum Gasteiger partial charge on any atom is -0.496 e. The number of hydrogen-bond donors (Lipinski definition) is 2. The van der Waals surface area contributed by atoms with Crippen molar-refractivity contribution in [2.45, 2.75) is 37.8 Å². The number of hydrazine groups is 1. The Morgan fingerprint density at radius 2 is 2.28 bits per heavy atom. The van der Waals surface area contributed by atoms with Crippen LogP contribution in [0.3, 0.4) is 0 Å². The Labute approximate surface area is 108 Å². The van der Waals surface area contributed by atoms with Gasteiger partial charge in [0.15, 0.2) is 0 Å². The Bertz CT molecular complexity index is 365. The summed E-state index contributed by atoms with van der Waals surface area (Å²) in [6.07, 6.45) is 4.47. The van der Waals surface area contributed by atoms with Crippen LogP contribution >= 0.6 is 0 Å². The minimum atomic E-state index is 0.140. The Hall–Kier alpha value is -1.10. The zero-order valence-corrected chi connectivity index (χ0v) is 10.9. The van der Waals surface area contributed by atoms with Crippen LogP contribution in [0.25, 0.3) is 0 Å². The Morgan fingerprint density at radius 3 is 2.94 bits per heavy atom. The molecule has 1 aromatic carbocycles. The van der Waals surface area contributed by atoms with E-state index in [0.717, 1.165) is 37.2 Å². The van der Waals surface area contributed by atoms with Crippen molar-refractivity contribution in [1.82, 2.24) is 5.43 Å². The van der Waals surface area contributed by atoms with Crippen LogP contribution in [0, 0.1) is 0 Å². The van der Waals surface area contributed by atoms with Gasteiger partial charge in [-0.3, -0.25) is 11.3 Å². The molecule has 0 amide bonds. The molecule has 1 heterocycles. The summed E-state index contributed by atoms with van der Waals surface area (Å²) in [4.78, 5) is 0. The number of nitrogens with two attached hydrogens (primary N) is 1. The van der Waals surface area contributed by atoms with E-state index in [1.54, 1.807) is 7.11 Å². The third-order valence-corrected chi connectivity index (χ3v) is 3.51. The van der Waals surface area contributed by atoms with Crippen molar-refractivity contribution in [3.8, 4) is 5.75 Å². The molecule has 100 valence electrons. The average Bonchev–Trinajstić information content (AvgIpc) is 2.46. The summed E-state index contributed by atoms with van der Waals surface area (Å²) in [5.41, 5.74) is 4.06. The van der Waals surface area contributed by atoms with E-state index in [1.807, 2.05) is 18.2 Å². The van der Waals surface area contributed by atoms with Crippen molar-refractivity contribution in [2.75, 3.05) is 13.7 Å². The predicted octanol–water partition coefficient (Wildman–Crippen LogP) is 1.64. The van der Waals surface area contributed by atoms with Crippen molar-refractivity contribution in [1.29, 1.82) is 0 Å². The lowest BCUT2D eigenvalue weighted by molar-refractivity contribution is -0.00752. The number of ether oxygens (including phenoxy) is 2. The summed E-state index contributed by atoms with van der Waals surface area (Å²) in [5.74, 6) is 6.58. The van der Waals surface area contributed by atoms with Gasteiger partial charge in [-0.1, -0.05) is 18.2 Å². The molecule has 0 aliphatic carbocycles. The van der Waals surface area contributed by atoms with Gasteiger partial charge in [0, 0.05) is 6.61 Å². The SMILES string of the molecule is COc1ccccc1CC(NN)C1CCCCO1. The van der Waals surface area contributed by atoms with E-state index in [9.17, 15) is 0 Å². The lowest BCUT2D eigenvalue weighted by Gasteiger charge is -2.30. The molecule has 1 aliphatic rings. The Kier molecular flexibility index (Phi) is 4.99. The van der Waals surface area contributed by atoms with E-state index in [-0.39, 0.29) is 12.1 Å². The predicted molar refractivity (Wildman–Crippen MR) is 71.4 cm³/mol. The third kappa shape index (κ3) is 3.22. The molecule has 0 bridgehead atoms. The molecule has 0 saturated carbocycles. The highest BCUT2D eigenvalue weighted by molar-refractivity contribution is 5.34. The minimum absolute atomic E-state index is 0.140. The van der Waals surface area contributed by atoms with Crippen LogP contribution in [-0.2, 0) is 11.2 Å². The maximum absolute atomic E-state index is 5.79. The fourth-order valence-corrected chi connectivity index (χ4v) is 2.49. The molecular weight excluding hydrogens is 228 g/mol. The molecule has 0 spiro atoms. The summed E-state index contributed by atoms with van der Waals surface area (Å²) in [5, 5.41) is 0. The van der Waals surface area contributed by atoms with Gasteiger partial charge in [-0.15, -0.1) is 0 Å². The van der Waals surface area contributed by atoms with Gasteiger partial charge in [0.05, 0.1) is 19.3 Å². The topological polar surface area (TPSA) is 56.5 Å². The average molecular weight is 250 g/mol. The highest BCUT2D eigenvalue weighted by atomic mass is 16.5. The lowest BCUT2D eigenvalue weighted by atomic mass is 9.96. The molecule has 0 radical (unpaired) electrons. The summed E-state index contributed by atoms with van der Waals surface area (Å²) in [6.45, 7) is 0.842. The summed E-state index contributed by atoms with van der Waals surface area (Å²) < 4.78 is 11.2. The smallest absolute Gasteiger partial charge is 0.122 e. The van der Waals surface area contributed by atoms with Crippen LogP contribution in [0.5, 0.6) is 5.75 Å². The number of nitrogens with one attached hydrogen (secondary N) is 1. The maximum atomic E-state index is 5.79. The highest BCUT2D eigenvalue weighted by Crippen LogP contribution is 2.23. The van der Waals surface area contributed by atoms with Crippen LogP contribution in [-0.4, -0.2) is 25.9 Å². The monoisotopic (exact) mass is 250 g/mol. The number of hydrogen-bond acceptors (Lipinski definition) is 4. The molecule has 1 aliphatic heterocycles. The molecule has 4 heteroatoms. The van der Waals surface area contributed by atoms with Gasteiger partial charge >= 0.3 is 0 Å². The summed E-state index contributed by atoms with van der Waals surface area (Å²) >= 11 is 0. The molecule has 18 heavy (non-hydrogen) atoms. The first-order valence-electron chi connectivity index (χ1n) is 6.54. The molecule has 1 saturated heterocycles. The van der Waals surface area contributed by atoms with Gasteiger partial charge in [-0.2, -0.15) is 0 Å². The zero-order chi connectivity index (χ0) is 12.8. The first-order valence-corrected chi connectivity index (χ1v) is 6.54. The van der Waals surface area contributed by atoms with Crippen molar-refractivity contribution in [2.24, 2.45) is 5.84 Å². The van der Waals surface area contributed by atoms with E-state index in [0.29, 0.717) is 0 Å². The van der Waals surface area contributed by atoms with Crippen molar-refractivity contribution in [3.63, 3.8) is 0 Å². The van der Waals surface area contributed by atoms with E-state index < -0.39 is 0 Å². The second kappa shape index (κ2) is 6.73. The fraction of sp³-hybridized carbons (Fsp3) is 0.571. The highest BCUT2D eigenvalue weighted by Gasteiger charge is 2.24. The Morgan fingerprint density at radius 1 is 1.44 bits per heavy atom. The molecule has 2 rings (SSSR count). The van der Waals surface area contributed by atoms with Crippen LogP contribution in [0.2, 0.25) is 0 Å². The van der Waals surface area contributed by atoms with Crippen molar-refractivity contribution < 1.29 is 9.47 Å². The molecule has 2 unspecified atom stereocenters. The third-order valence-electron chi connectivity index (χ3n) is 3.51. The molecule has 1 aromatic rings. The second-order valence-electron chi connectivity index (χ2n) is 4.69. The quantitative estimate of drug-likeness (QED) is 0.616. The Balaban J connectivity index is 2.04. The van der Waals surface area contributed by atoms with Crippen LogP contribution in [0.1, 0.15) is 24.8 Å². The van der Waals surface area contributed by atoms with E-state index in [4.69, 9.17) is 15.3 Å². The van der Waals surface area contributed by atoms with E-state index in [1.165, 1.54) is 6.42 Å². The lowest BCUT2D eigenvalue weighted by Crippen LogP contribution is -2.47. The van der Waals surface area contributed by atoms with Gasteiger partial charge in [-0.25, -0.2) is 0 Å². The largest absolute Gasteiger partial charge is 0.496 e. The molecular formula is C14H22N2O2. The van der Waals surface area contributed by atoms with Crippen LogP contribution in [0.4, 0.5) is 0 Å². The molecule has 0 aromatic heterocycles. The first-order chi connectivity index (χ1) is 8.85. The fourth-order valence-electron chi connectivity index (χ4n) is 2.49. The van der Waals surface area contributed by atoms with Gasteiger partial charge < -0.3 is 9.47 Å². The van der Waals surface area contributed by atoms with Gasteiger partial charge in [0.2, 0.25) is 0 Å².